The monoisotopic (exact) mass is 256 g/mol. The molecule has 0 heterocycles. The van der Waals surface area contributed by atoms with E-state index in [1.54, 1.807) is 38.1 Å². The Labute approximate surface area is 105 Å². The zero-order valence-electron chi connectivity index (χ0n) is 10.4. The molecule has 0 aliphatic heterocycles. The Morgan fingerprint density at radius 2 is 1.71 bits per heavy atom. The second-order valence-corrected chi connectivity index (χ2v) is 4.41. The van der Waals surface area contributed by atoms with E-state index in [4.69, 9.17) is 9.47 Å². The number of hydrogen-bond donors (Lipinski definition) is 0. The van der Waals surface area contributed by atoms with Gasteiger partial charge in [0.1, 0.15) is 11.5 Å². The minimum absolute atomic E-state index is 0.408. The normalized spacial score (nSPS) is 9.88. The van der Waals surface area contributed by atoms with Gasteiger partial charge in [-0.1, -0.05) is 6.92 Å². The minimum Gasteiger partial charge on any atom is -0.495 e. The summed E-state index contributed by atoms with van der Waals surface area (Å²) in [6, 6.07) is 3.32. The summed E-state index contributed by atoms with van der Waals surface area (Å²) in [5, 5.41) is 0. The van der Waals surface area contributed by atoms with Gasteiger partial charge in [-0.3, -0.25) is 0 Å². The van der Waals surface area contributed by atoms with E-state index in [-0.39, 0.29) is 0 Å². The SMILES string of the molecule is CCSc1c(OC)cc(C(=O)OC)cc1OC. The highest BCUT2D eigenvalue weighted by molar-refractivity contribution is 7.99. The summed E-state index contributed by atoms with van der Waals surface area (Å²) in [7, 11) is 4.47. The lowest BCUT2D eigenvalue weighted by molar-refractivity contribution is 0.0599. The van der Waals surface area contributed by atoms with Gasteiger partial charge in [-0.05, 0) is 17.9 Å². The number of rotatable bonds is 5. The molecule has 0 amide bonds. The molecule has 17 heavy (non-hydrogen) atoms. The molecule has 1 rings (SSSR count). The van der Waals surface area contributed by atoms with Crippen LogP contribution in [-0.2, 0) is 4.74 Å². The van der Waals surface area contributed by atoms with Crippen molar-refractivity contribution in [2.24, 2.45) is 0 Å². The number of carbonyl (C=O) groups is 1. The van der Waals surface area contributed by atoms with Crippen LogP contribution in [0.25, 0.3) is 0 Å². The Morgan fingerprint density at radius 1 is 1.18 bits per heavy atom. The molecule has 0 N–H and O–H groups in total. The van der Waals surface area contributed by atoms with Gasteiger partial charge in [-0.2, -0.15) is 0 Å². The molecule has 0 saturated heterocycles. The first-order chi connectivity index (χ1) is 8.17. The fourth-order valence-electron chi connectivity index (χ4n) is 1.40. The second-order valence-electron chi connectivity index (χ2n) is 3.13. The van der Waals surface area contributed by atoms with E-state index in [1.807, 2.05) is 6.92 Å². The zero-order valence-corrected chi connectivity index (χ0v) is 11.2. The lowest BCUT2D eigenvalue weighted by atomic mass is 10.2. The fraction of sp³-hybridized carbons (Fsp3) is 0.417. The van der Waals surface area contributed by atoms with Gasteiger partial charge < -0.3 is 14.2 Å². The molecule has 0 fully saturated rings. The average Bonchev–Trinajstić information content (AvgIpc) is 2.38. The number of thioether (sulfide) groups is 1. The summed E-state index contributed by atoms with van der Waals surface area (Å²) in [4.78, 5) is 12.4. The van der Waals surface area contributed by atoms with Crippen LogP contribution in [0.1, 0.15) is 17.3 Å². The summed E-state index contributed by atoms with van der Waals surface area (Å²) < 4.78 is 15.2. The molecule has 1 aromatic rings. The molecule has 4 nitrogen and oxygen atoms in total. The van der Waals surface area contributed by atoms with Crippen LogP contribution in [0.2, 0.25) is 0 Å². The zero-order chi connectivity index (χ0) is 12.8. The minimum atomic E-state index is -0.408. The highest BCUT2D eigenvalue weighted by Crippen LogP contribution is 2.38. The lowest BCUT2D eigenvalue weighted by Crippen LogP contribution is -2.03. The van der Waals surface area contributed by atoms with Crippen LogP contribution in [0.15, 0.2) is 17.0 Å². The molecule has 0 aliphatic rings. The topological polar surface area (TPSA) is 44.8 Å². The van der Waals surface area contributed by atoms with Crippen molar-refractivity contribution in [2.75, 3.05) is 27.1 Å². The van der Waals surface area contributed by atoms with Crippen molar-refractivity contribution in [1.82, 2.24) is 0 Å². The van der Waals surface area contributed by atoms with Crippen LogP contribution < -0.4 is 9.47 Å². The molecule has 0 aromatic heterocycles. The van der Waals surface area contributed by atoms with E-state index in [1.165, 1.54) is 7.11 Å². The number of carbonyl (C=O) groups excluding carboxylic acids is 1. The summed E-state index contributed by atoms with van der Waals surface area (Å²) in [6.07, 6.45) is 0. The van der Waals surface area contributed by atoms with Gasteiger partial charge in [-0.25, -0.2) is 4.79 Å². The van der Waals surface area contributed by atoms with Crippen molar-refractivity contribution in [1.29, 1.82) is 0 Å². The summed E-state index contributed by atoms with van der Waals surface area (Å²) >= 11 is 1.60. The van der Waals surface area contributed by atoms with Crippen molar-refractivity contribution < 1.29 is 19.0 Å². The third-order valence-electron chi connectivity index (χ3n) is 2.17. The number of hydrogen-bond acceptors (Lipinski definition) is 5. The standard InChI is InChI=1S/C12H16O4S/c1-5-17-11-9(14-2)6-8(12(13)16-4)7-10(11)15-3/h6-7H,5H2,1-4H3. The first kappa shape index (κ1) is 13.7. The molecule has 0 bridgehead atoms. The van der Waals surface area contributed by atoms with Gasteiger partial charge in [0.15, 0.2) is 0 Å². The van der Waals surface area contributed by atoms with E-state index in [0.717, 1.165) is 10.6 Å². The molecule has 0 atom stereocenters. The van der Waals surface area contributed by atoms with Crippen LogP contribution in [-0.4, -0.2) is 33.1 Å². The smallest absolute Gasteiger partial charge is 0.338 e. The number of ether oxygens (including phenoxy) is 3. The molecule has 1 aromatic carbocycles. The van der Waals surface area contributed by atoms with Crippen LogP contribution in [0.4, 0.5) is 0 Å². The van der Waals surface area contributed by atoms with E-state index in [2.05, 4.69) is 4.74 Å². The van der Waals surface area contributed by atoms with E-state index < -0.39 is 5.97 Å². The largest absolute Gasteiger partial charge is 0.495 e. The summed E-state index contributed by atoms with van der Waals surface area (Å²) in [5.74, 6) is 1.73. The van der Waals surface area contributed by atoms with E-state index in [9.17, 15) is 4.79 Å². The van der Waals surface area contributed by atoms with Crippen molar-refractivity contribution in [3.05, 3.63) is 17.7 Å². The van der Waals surface area contributed by atoms with Gasteiger partial charge >= 0.3 is 5.97 Å². The second kappa shape index (κ2) is 6.39. The Kier molecular flexibility index (Phi) is 5.15. The predicted octanol–water partition coefficient (Wildman–Crippen LogP) is 2.60. The van der Waals surface area contributed by atoms with Crippen LogP contribution in [0, 0.1) is 0 Å². The maximum absolute atomic E-state index is 11.5. The Balaban J connectivity index is 3.28. The van der Waals surface area contributed by atoms with Crippen molar-refractivity contribution in [3.63, 3.8) is 0 Å². The third-order valence-corrected chi connectivity index (χ3v) is 3.15. The number of esters is 1. The summed E-state index contributed by atoms with van der Waals surface area (Å²) in [5.41, 5.74) is 0.418. The summed E-state index contributed by atoms with van der Waals surface area (Å²) in [6.45, 7) is 2.04. The quantitative estimate of drug-likeness (QED) is 0.598. The average molecular weight is 256 g/mol. The Hall–Kier alpha value is -1.36. The molecule has 5 heteroatoms. The van der Waals surface area contributed by atoms with Crippen LogP contribution >= 0.6 is 11.8 Å². The molecule has 0 unspecified atom stereocenters. The molecule has 94 valence electrons. The molecular weight excluding hydrogens is 240 g/mol. The first-order valence-corrected chi connectivity index (χ1v) is 6.13. The van der Waals surface area contributed by atoms with E-state index in [0.29, 0.717) is 17.1 Å². The fourth-order valence-corrected chi connectivity index (χ4v) is 2.26. The number of methoxy groups -OCH3 is 3. The molecular formula is C12H16O4S. The molecule has 0 spiro atoms. The predicted molar refractivity (Wildman–Crippen MR) is 67.3 cm³/mol. The highest BCUT2D eigenvalue weighted by atomic mass is 32.2. The molecule has 0 saturated carbocycles. The highest BCUT2D eigenvalue weighted by Gasteiger charge is 2.16. The third kappa shape index (κ3) is 3.06. The Bertz CT molecular complexity index is 378. The van der Waals surface area contributed by atoms with Gasteiger partial charge in [0.05, 0.1) is 31.8 Å². The van der Waals surface area contributed by atoms with Gasteiger partial charge in [0.25, 0.3) is 0 Å². The maximum atomic E-state index is 11.5. The van der Waals surface area contributed by atoms with Crippen molar-refractivity contribution in [3.8, 4) is 11.5 Å². The maximum Gasteiger partial charge on any atom is 0.338 e. The lowest BCUT2D eigenvalue weighted by Gasteiger charge is -2.13. The van der Waals surface area contributed by atoms with E-state index >= 15 is 0 Å². The first-order valence-electron chi connectivity index (χ1n) is 5.15. The number of benzene rings is 1. The molecule has 0 radical (unpaired) electrons. The van der Waals surface area contributed by atoms with Crippen LogP contribution in [0.5, 0.6) is 11.5 Å². The van der Waals surface area contributed by atoms with Crippen LogP contribution in [0.3, 0.4) is 0 Å². The molecule has 0 aliphatic carbocycles. The van der Waals surface area contributed by atoms with Gasteiger partial charge in [0.2, 0.25) is 0 Å². The van der Waals surface area contributed by atoms with Crippen molar-refractivity contribution in [2.45, 2.75) is 11.8 Å². The van der Waals surface area contributed by atoms with Gasteiger partial charge in [-0.15, -0.1) is 11.8 Å². The Morgan fingerprint density at radius 3 is 2.06 bits per heavy atom. The van der Waals surface area contributed by atoms with Crippen molar-refractivity contribution >= 4 is 17.7 Å². The van der Waals surface area contributed by atoms with Gasteiger partial charge in [0, 0.05) is 0 Å².